The molecule has 3 rings (SSSR count). The molecule has 1 aliphatic heterocycles. The third-order valence-corrected chi connectivity index (χ3v) is 4.24. The zero-order chi connectivity index (χ0) is 14.1. The molecule has 5 nitrogen and oxygen atoms in total. The van der Waals surface area contributed by atoms with Gasteiger partial charge in [0.1, 0.15) is 18.3 Å². The van der Waals surface area contributed by atoms with Gasteiger partial charge in [0, 0.05) is 5.56 Å². The Labute approximate surface area is 124 Å². The summed E-state index contributed by atoms with van der Waals surface area (Å²) in [4.78, 5) is 12.4. The monoisotopic (exact) mass is 335 g/mol. The second-order valence-electron chi connectivity index (χ2n) is 4.61. The van der Waals surface area contributed by atoms with Crippen molar-refractivity contribution in [2.75, 3.05) is 11.9 Å². The van der Waals surface area contributed by atoms with Crippen molar-refractivity contribution in [3.8, 4) is 5.75 Å². The second kappa shape index (κ2) is 5.28. The number of ether oxygens (including phenoxy) is 1. The predicted molar refractivity (Wildman–Crippen MR) is 79.0 cm³/mol. The van der Waals surface area contributed by atoms with Gasteiger partial charge >= 0.3 is 0 Å². The lowest BCUT2D eigenvalue weighted by Crippen LogP contribution is -2.22. The number of para-hydroxylation sites is 1. The molecular weight excluding hydrogens is 322 g/mol. The molecule has 1 unspecified atom stereocenters. The second-order valence-corrected chi connectivity index (χ2v) is 5.40. The summed E-state index contributed by atoms with van der Waals surface area (Å²) in [7, 11) is 0. The molecule has 0 radical (unpaired) electrons. The largest absolute Gasteiger partial charge is 0.492 e. The number of H-pyrrole nitrogens is 1. The Bertz CT molecular complexity index is 654. The van der Waals surface area contributed by atoms with Gasteiger partial charge in [0.05, 0.1) is 10.2 Å². The Balaban J connectivity index is 1.79. The van der Waals surface area contributed by atoms with E-state index in [2.05, 4.69) is 31.4 Å². The zero-order valence-electron chi connectivity index (χ0n) is 10.9. The number of halogens is 1. The number of hydrogen-bond acceptors (Lipinski definition) is 3. The lowest BCUT2D eigenvalue weighted by atomic mass is 10.0. The Morgan fingerprint density at radius 3 is 3.10 bits per heavy atom. The normalized spacial score (nSPS) is 16.6. The molecule has 1 atom stereocenters. The highest BCUT2D eigenvalue weighted by molar-refractivity contribution is 9.10. The highest BCUT2D eigenvalue weighted by Gasteiger charge is 2.30. The molecule has 0 bridgehead atoms. The van der Waals surface area contributed by atoms with Crippen LogP contribution < -0.4 is 10.1 Å². The number of carbonyl (C=O) groups excluding carboxylic acids is 1. The van der Waals surface area contributed by atoms with Gasteiger partial charge in [-0.05, 0) is 28.4 Å². The van der Waals surface area contributed by atoms with E-state index in [1.807, 2.05) is 31.2 Å². The first-order valence-corrected chi connectivity index (χ1v) is 7.25. The summed E-state index contributed by atoms with van der Waals surface area (Å²) in [6.07, 6.45) is 0.818. The molecule has 0 fully saturated rings. The topological polar surface area (TPSA) is 67.0 Å². The molecular formula is C14H14BrN3O2. The Morgan fingerprint density at radius 1 is 1.55 bits per heavy atom. The number of hydrogen-bond donors (Lipinski definition) is 2. The zero-order valence-corrected chi connectivity index (χ0v) is 12.5. The van der Waals surface area contributed by atoms with Gasteiger partial charge < -0.3 is 10.1 Å². The van der Waals surface area contributed by atoms with Crippen molar-refractivity contribution in [2.24, 2.45) is 0 Å². The molecule has 6 heteroatoms. The van der Waals surface area contributed by atoms with E-state index in [-0.39, 0.29) is 11.8 Å². The van der Waals surface area contributed by atoms with Crippen LogP contribution in [0.15, 0.2) is 28.7 Å². The highest BCUT2D eigenvalue weighted by atomic mass is 79.9. The lowest BCUT2D eigenvalue weighted by Gasteiger charge is -2.08. The highest BCUT2D eigenvalue weighted by Crippen LogP contribution is 2.34. The predicted octanol–water partition coefficient (Wildman–Crippen LogP) is 2.85. The number of nitrogens with one attached hydrogen (secondary N) is 2. The molecule has 2 N–H and O–H groups in total. The average Bonchev–Trinajstić information content (AvgIpc) is 3.03. The van der Waals surface area contributed by atoms with Crippen molar-refractivity contribution >= 4 is 27.7 Å². The average molecular weight is 336 g/mol. The molecule has 1 amide bonds. The first-order chi connectivity index (χ1) is 9.70. The third-order valence-electron chi connectivity index (χ3n) is 3.39. The van der Waals surface area contributed by atoms with E-state index >= 15 is 0 Å². The number of anilines is 1. The van der Waals surface area contributed by atoms with Gasteiger partial charge in [-0.25, -0.2) is 0 Å². The summed E-state index contributed by atoms with van der Waals surface area (Å²) >= 11 is 3.44. The van der Waals surface area contributed by atoms with E-state index in [0.717, 1.165) is 27.9 Å². The fraction of sp³-hybridized carbons (Fsp3) is 0.286. The van der Waals surface area contributed by atoms with Gasteiger partial charge in [-0.3, -0.25) is 9.89 Å². The smallest absolute Gasteiger partial charge is 0.236 e. The summed E-state index contributed by atoms with van der Waals surface area (Å²) in [6, 6.07) is 7.61. The number of nitrogens with zero attached hydrogens (tertiary/aromatic N) is 1. The number of rotatable bonds is 3. The van der Waals surface area contributed by atoms with Crippen molar-refractivity contribution in [3.63, 3.8) is 0 Å². The van der Waals surface area contributed by atoms with Crippen molar-refractivity contribution < 1.29 is 9.53 Å². The van der Waals surface area contributed by atoms with Crippen molar-refractivity contribution in [1.82, 2.24) is 10.2 Å². The quantitative estimate of drug-likeness (QED) is 0.906. The summed E-state index contributed by atoms with van der Waals surface area (Å²) in [5, 5.41) is 9.84. The molecule has 1 aliphatic rings. The molecule has 1 aromatic carbocycles. The number of carbonyl (C=O) groups is 1. The van der Waals surface area contributed by atoms with E-state index in [1.54, 1.807) is 0 Å². The van der Waals surface area contributed by atoms with Crippen molar-refractivity contribution in [2.45, 2.75) is 19.3 Å². The minimum atomic E-state index is -0.292. The number of aromatic nitrogens is 2. The lowest BCUT2D eigenvalue weighted by molar-refractivity contribution is -0.117. The van der Waals surface area contributed by atoms with Crippen LogP contribution in [0.25, 0.3) is 0 Å². The van der Waals surface area contributed by atoms with Crippen LogP contribution in [0, 0.1) is 0 Å². The molecule has 0 saturated heterocycles. The molecule has 0 spiro atoms. The molecule has 1 aromatic heterocycles. The van der Waals surface area contributed by atoms with Crippen LogP contribution in [0.5, 0.6) is 5.75 Å². The SMILES string of the molecule is CCc1[nH]nc(NC(=O)C2COc3ccccc32)c1Br. The van der Waals surface area contributed by atoms with Gasteiger partial charge in [-0.2, -0.15) is 5.10 Å². The molecule has 0 aliphatic carbocycles. The van der Waals surface area contributed by atoms with E-state index in [0.29, 0.717) is 12.4 Å². The molecule has 2 heterocycles. The fourth-order valence-corrected chi connectivity index (χ4v) is 2.82. The minimum absolute atomic E-state index is 0.107. The van der Waals surface area contributed by atoms with Crippen molar-refractivity contribution in [3.05, 3.63) is 40.0 Å². The van der Waals surface area contributed by atoms with E-state index in [1.165, 1.54) is 0 Å². The van der Waals surface area contributed by atoms with Gasteiger partial charge in [-0.15, -0.1) is 0 Å². The number of amides is 1. The van der Waals surface area contributed by atoms with Crippen LogP contribution in [-0.4, -0.2) is 22.7 Å². The summed E-state index contributed by atoms with van der Waals surface area (Å²) < 4.78 is 6.33. The summed E-state index contributed by atoms with van der Waals surface area (Å²) in [5.74, 6) is 0.906. The number of fused-ring (bicyclic) bond motifs is 1. The van der Waals surface area contributed by atoms with E-state index in [9.17, 15) is 4.79 Å². The van der Waals surface area contributed by atoms with Crippen LogP contribution >= 0.6 is 15.9 Å². The maximum Gasteiger partial charge on any atom is 0.236 e. The van der Waals surface area contributed by atoms with Gasteiger partial charge in [-0.1, -0.05) is 25.1 Å². The van der Waals surface area contributed by atoms with Crippen LogP contribution in [0.4, 0.5) is 5.82 Å². The Morgan fingerprint density at radius 2 is 2.35 bits per heavy atom. The van der Waals surface area contributed by atoms with Crippen LogP contribution in [0.2, 0.25) is 0 Å². The van der Waals surface area contributed by atoms with Crippen molar-refractivity contribution in [1.29, 1.82) is 0 Å². The molecule has 2 aromatic rings. The number of aromatic amines is 1. The standard InChI is InChI=1S/C14H14BrN3O2/c1-2-10-12(15)13(18-17-10)16-14(19)9-7-20-11-6-4-3-5-8(9)11/h3-6,9H,2,7H2,1H3,(H2,16,17,18,19). The Kier molecular flexibility index (Phi) is 3.48. The van der Waals surface area contributed by atoms with Crippen LogP contribution in [0.3, 0.4) is 0 Å². The fourth-order valence-electron chi connectivity index (χ4n) is 2.27. The molecule has 20 heavy (non-hydrogen) atoms. The summed E-state index contributed by atoms with van der Waals surface area (Å²) in [6.45, 7) is 2.39. The van der Waals surface area contributed by atoms with Crippen LogP contribution in [-0.2, 0) is 11.2 Å². The third kappa shape index (κ3) is 2.20. The van der Waals surface area contributed by atoms with E-state index < -0.39 is 0 Å². The molecule has 104 valence electrons. The minimum Gasteiger partial charge on any atom is -0.492 e. The maximum atomic E-state index is 12.4. The number of benzene rings is 1. The molecule has 0 saturated carbocycles. The van der Waals surface area contributed by atoms with E-state index in [4.69, 9.17) is 4.74 Å². The van der Waals surface area contributed by atoms with Gasteiger partial charge in [0.15, 0.2) is 5.82 Å². The van der Waals surface area contributed by atoms with Crippen LogP contribution in [0.1, 0.15) is 24.1 Å². The van der Waals surface area contributed by atoms with Gasteiger partial charge in [0.25, 0.3) is 0 Å². The first kappa shape index (κ1) is 13.2. The van der Waals surface area contributed by atoms with Gasteiger partial charge in [0.2, 0.25) is 5.91 Å². The Hall–Kier alpha value is -1.82. The number of aryl methyl sites for hydroxylation is 1. The maximum absolute atomic E-state index is 12.4. The summed E-state index contributed by atoms with van der Waals surface area (Å²) in [5.41, 5.74) is 1.88. The first-order valence-electron chi connectivity index (χ1n) is 6.46.